The van der Waals surface area contributed by atoms with E-state index in [2.05, 4.69) is 17.4 Å². The molecule has 0 radical (unpaired) electrons. The average molecular weight is 241 g/mol. The number of aliphatic hydroxyl groups is 1. The SMILES string of the molecule is OC(CCc1ccccc1)CNc1ccccc1. The van der Waals surface area contributed by atoms with Gasteiger partial charge in [-0.1, -0.05) is 48.5 Å². The Morgan fingerprint density at radius 3 is 2.17 bits per heavy atom. The zero-order valence-corrected chi connectivity index (χ0v) is 10.4. The molecule has 0 spiro atoms. The molecule has 1 atom stereocenters. The summed E-state index contributed by atoms with van der Waals surface area (Å²) in [6, 6.07) is 20.2. The van der Waals surface area contributed by atoms with Gasteiger partial charge in [0.25, 0.3) is 0 Å². The van der Waals surface area contributed by atoms with Crippen LogP contribution >= 0.6 is 0 Å². The highest BCUT2D eigenvalue weighted by atomic mass is 16.3. The maximum atomic E-state index is 9.91. The standard InChI is InChI=1S/C16H19NO/c18-16(12-11-14-7-3-1-4-8-14)13-17-15-9-5-2-6-10-15/h1-10,16-18H,11-13H2. The van der Waals surface area contributed by atoms with Gasteiger partial charge in [-0.2, -0.15) is 0 Å². The van der Waals surface area contributed by atoms with Crippen molar-refractivity contribution in [2.24, 2.45) is 0 Å². The van der Waals surface area contributed by atoms with Gasteiger partial charge in [-0.3, -0.25) is 0 Å². The molecule has 0 bridgehead atoms. The van der Waals surface area contributed by atoms with Crippen LogP contribution < -0.4 is 5.32 Å². The van der Waals surface area contributed by atoms with Gasteiger partial charge in [0.05, 0.1) is 6.10 Å². The molecule has 0 saturated carbocycles. The monoisotopic (exact) mass is 241 g/mol. The fourth-order valence-corrected chi connectivity index (χ4v) is 1.87. The molecule has 2 rings (SSSR count). The fraction of sp³-hybridized carbons (Fsp3) is 0.250. The van der Waals surface area contributed by atoms with Gasteiger partial charge in [-0.15, -0.1) is 0 Å². The van der Waals surface area contributed by atoms with Crippen LogP contribution in [0.1, 0.15) is 12.0 Å². The first kappa shape index (κ1) is 12.7. The van der Waals surface area contributed by atoms with Crippen molar-refractivity contribution in [2.75, 3.05) is 11.9 Å². The van der Waals surface area contributed by atoms with Gasteiger partial charge in [0.2, 0.25) is 0 Å². The Hall–Kier alpha value is -1.80. The largest absolute Gasteiger partial charge is 0.391 e. The lowest BCUT2D eigenvalue weighted by atomic mass is 10.1. The van der Waals surface area contributed by atoms with Gasteiger partial charge in [-0.05, 0) is 30.5 Å². The third kappa shape index (κ3) is 4.22. The van der Waals surface area contributed by atoms with Gasteiger partial charge in [0.15, 0.2) is 0 Å². The molecule has 94 valence electrons. The van der Waals surface area contributed by atoms with Crippen LogP contribution in [0.15, 0.2) is 60.7 Å². The second-order valence-corrected chi connectivity index (χ2v) is 4.43. The minimum Gasteiger partial charge on any atom is -0.391 e. The molecule has 2 aromatic rings. The molecule has 0 aliphatic rings. The van der Waals surface area contributed by atoms with Crippen molar-refractivity contribution >= 4 is 5.69 Å². The lowest BCUT2D eigenvalue weighted by Gasteiger charge is -2.12. The summed E-state index contributed by atoms with van der Waals surface area (Å²) in [7, 11) is 0. The van der Waals surface area contributed by atoms with Gasteiger partial charge in [0, 0.05) is 12.2 Å². The highest BCUT2D eigenvalue weighted by Crippen LogP contribution is 2.08. The summed E-state index contributed by atoms with van der Waals surface area (Å²) < 4.78 is 0. The van der Waals surface area contributed by atoms with Crippen LogP contribution in [0.5, 0.6) is 0 Å². The third-order valence-corrected chi connectivity index (χ3v) is 2.92. The second kappa shape index (κ2) is 6.82. The molecule has 0 aromatic heterocycles. The van der Waals surface area contributed by atoms with E-state index >= 15 is 0 Å². The molecule has 2 aromatic carbocycles. The van der Waals surface area contributed by atoms with Crippen molar-refractivity contribution < 1.29 is 5.11 Å². The number of nitrogens with one attached hydrogen (secondary N) is 1. The van der Waals surface area contributed by atoms with Crippen molar-refractivity contribution in [3.05, 3.63) is 66.2 Å². The lowest BCUT2D eigenvalue weighted by Crippen LogP contribution is -2.20. The van der Waals surface area contributed by atoms with E-state index in [-0.39, 0.29) is 6.10 Å². The normalized spacial score (nSPS) is 12.1. The summed E-state index contributed by atoms with van der Waals surface area (Å²) >= 11 is 0. The highest BCUT2D eigenvalue weighted by molar-refractivity contribution is 5.42. The van der Waals surface area contributed by atoms with E-state index in [0.717, 1.165) is 18.5 Å². The zero-order valence-electron chi connectivity index (χ0n) is 10.4. The summed E-state index contributed by atoms with van der Waals surface area (Å²) in [4.78, 5) is 0. The van der Waals surface area contributed by atoms with E-state index < -0.39 is 0 Å². The zero-order chi connectivity index (χ0) is 12.6. The Bertz CT molecular complexity index is 398. The summed E-state index contributed by atoms with van der Waals surface area (Å²) in [5.74, 6) is 0. The maximum absolute atomic E-state index is 9.91. The molecule has 0 aliphatic heterocycles. The molecule has 0 fully saturated rings. The van der Waals surface area contributed by atoms with Crippen LogP contribution in [0, 0.1) is 0 Å². The average Bonchev–Trinajstić information content (AvgIpc) is 2.45. The molecule has 0 heterocycles. The molecule has 2 heteroatoms. The Labute approximate surface area is 108 Å². The summed E-state index contributed by atoms with van der Waals surface area (Å²) in [5, 5.41) is 13.1. The number of anilines is 1. The molecule has 0 amide bonds. The van der Waals surface area contributed by atoms with Gasteiger partial charge < -0.3 is 10.4 Å². The number of aliphatic hydroxyl groups excluding tert-OH is 1. The summed E-state index contributed by atoms with van der Waals surface area (Å²) in [6.07, 6.45) is 1.38. The van der Waals surface area contributed by atoms with Crippen molar-refractivity contribution in [1.82, 2.24) is 0 Å². The van der Waals surface area contributed by atoms with Crippen LogP contribution in [-0.4, -0.2) is 17.8 Å². The fourth-order valence-electron chi connectivity index (χ4n) is 1.87. The quantitative estimate of drug-likeness (QED) is 0.814. The van der Waals surface area contributed by atoms with E-state index in [1.54, 1.807) is 0 Å². The first-order valence-electron chi connectivity index (χ1n) is 6.35. The van der Waals surface area contributed by atoms with E-state index in [1.165, 1.54) is 5.56 Å². The van der Waals surface area contributed by atoms with Crippen LogP contribution in [0.25, 0.3) is 0 Å². The van der Waals surface area contributed by atoms with Crippen LogP contribution in [0.2, 0.25) is 0 Å². The number of hydrogen-bond acceptors (Lipinski definition) is 2. The molecule has 0 aliphatic carbocycles. The Morgan fingerprint density at radius 1 is 0.889 bits per heavy atom. The van der Waals surface area contributed by atoms with Gasteiger partial charge in [0.1, 0.15) is 0 Å². The van der Waals surface area contributed by atoms with Crippen molar-refractivity contribution in [1.29, 1.82) is 0 Å². The Balaban J connectivity index is 1.71. The van der Waals surface area contributed by atoms with Crippen LogP contribution in [0.3, 0.4) is 0 Å². The molecule has 1 unspecified atom stereocenters. The van der Waals surface area contributed by atoms with Gasteiger partial charge >= 0.3 is 0 Å². The predicted molar refractivity (Wildman–Crippen MR) is 75.7 cm³/mol. The minimum absolute atomic E-state index is 0.314. The molecular weight excluding hydrogens is 222 g/mol. The molecule has 2 N–H and O–H groups in total. The maximum Gasteiger partial charge on any atom is 0.0715 e. The van der Waals surface area contributed by atoms with Crippen LogP contribution in [-0.2, 0) is 6.42 Å². The van der Waals surface area contributed by atoms with E-state index in [0.29, 0.717) is 6.54 Å². The number of hydrogen-bond donors (Lipinski definition) is 2. The number of rotatable bonds is 6. The lowest BCUT2D eigenvalue weighted by molar-refractivity contribution is 0.177. The van der Waals surface area contributed by atoms with E-state index in [4.69, 9.17) is 0 Å². The molecule has 0 saturated heterocycles. The van der Waals surface area contributed by atoms with Crippen molar-refractivity contribution in [2.45, 2.75) is 18.9 Å². The first-order chi connectivity index (χ1) is 8.84. The number of para-hydroxylation sites is 1. The predicted octanol–water partition coefficient (Wildman–Crippen LogP) is 3.09. The third-order valence-electron chi connectivity index (χ3n) is 2.92. The minimum atomic E-state index is -0.314. The van der Waals surface area contributed by atoms with E-state index in [9.17, 15) is 5.11 Å². The smallest absolute Gasteiger partial charge is 0.0715 e. The Morgan fingerprint density at radius 2 is 1.50 bits per heavy atom. The topological polar surface area (TPSA) is 32.3 Å². The summed E-state index contributed by atoms with van der Waals surface area (Å²) in [5.41, 5.74) is 2.33. The molecular formula is C16H19NO. The summed E-state index contributed by atoms with van der Waals surface area (Å²) in [6.45, 7) is 0.594. The van der Waals surface area contributed by atoms with Crippen LogP contribution in [0.4, 0.5) is 5.69 Å². The highest BCUT2D eigenvalue weighted by Gasteiger charge is 2.04. The number of aryl methyl sites for hydroxylation is 1. The number of benzene rings is 2. The first-order valence-corrected chi connectivity index (χ1v) is 6.35. The molecule has 2 nitrogen and oxygen atoms in total. The molecule has 18 heavy (non-hydrogen) atoms. The van der Waals surface area contributed by atoms with Gasteiger partial charge in [-0.25, -0.2) is 0 Å². The van der Waals surface area contributed by atoms with E-state index in [1.807, 2.05) is 48.5 Å². The Kier molecular flexibility index (Phi) is 4.79. The second-order valence-electron chi connectivity index (χ2n) is 4.43. The van der Waals surface area contributed by atoms with Crippen molar-refractivity contribution in [3.8, 4) is 0 Å². The van der Waals surface area contributed by atoms with Crippen molar-refractivity contribution in [3.63, 3.8) is 0 Å².